The standard InChI is InChI=1S/C15H25NO2/c1-3-13-5-4-6-14(10-13,11-16)15(17)7-8-18-12(2)9-15/h12-13,17H,3-10H2,1-2H3. The summed E-state index contributed by atoms with van der Waals surface area (Å²) in [5, 5.41) is 20.7. The molecule has 102 valence electrons. The molecule has 1 aliphatic heterocycles. The van der Waals surface area contributed by atoms with Crippen LogP contribution < -0.4 is 0 Å². The zero-order chi connectivity index (χ0) is 13.2. The average Bonchev–Trinajstić information content (AvgIpc) is 2.38. The number of nitrogens with zero attached hydrogens (tertiary/aromatic N) is 1. The zero-order valence-corrected chi connectivity index (χ0v) is 11.6. The van der Waals surface area contributed by atoms with E-state index >= 15 is 0 Å². The molecule has 1 heterocycles. The van der Waals surface area contributed by atoms with Gasteiger partial charge in [-0.15, -0.1) is 0 Å². The predicted octanol–water partition coefficient (Wildman–Crippen LogP) is 3.03. The first-order valence-electron chi connectivity index (χ1n) is 7.30. The molecule has 1 saturated carbocycles. The van der Waals surface area contributed by atoms with Gasteiger partial charge in [0.15, 0.2) is 0 Å². The van der Waals surface area contributed by atoms with Gasteiger partial charge < -0.3 is 9.84 Å². The van der Waals surface area contributed by atoms with Crippen molar-refractivity contribution in [2.45, 2.75) is 70.5 Å². The summed E-state index contributed by atoms with van der Waals surface area (Å²) in [5.41, 5.74) is -1.38. The fourth-order valence-electron chi connectivity index (χ4n) is 3.87. The first-order valence-corrected chi connectivity index (χ1v) is 7.30. The average molecular weight is 251 g/mol. The van der Waals surface area contributed by atoms with Gasteiger partial charge in [-0.3, -0.25) is 0 Å². The van der Waals surface area contributed by atoms with E-state index in [1.54, 1.807) is 0 Å². The third kappa shape index (κ3) is 2.29. The molecule has 0 aromatic rings. The van der Waals surface area contributed by atoms with E-state index in [1.807, 2.05) is 6.92 Å². The summed E-state index contributed by atoms with van der Waals surface area (Å²) in [6.07, 6.45) is 6.40. The van der Waals surface area contributed by atoms with Crippen molar-refractivity contribution in [3.63, 3.8) is 0 Å². The number of ether oxygens (including phenoxy) is 1. The van der Waals surface area contributed by atoms with Crippen molar-refractivity contribution in [3.05, 3.63) is 0 Å². The van der Waals surface area contributed by atoms with E-state index in [1.165, 1.54) is 6.42 Å². The normalized spacial score (nSPS) is 45.4. The molecule has 1 aliphatic carbocycles. The molecule has 0 spiro atoms. The second-order valence-corrected chi connectivity index (χ2v) is 6.23. The highest BCUT2D eigenvalue weighted by Gasteiger charge is 2.54. The van der Waals surface area contributed by atoms with Crippen LogP contribution in [0.15, 0.2) is 0 Å². The van der Waals surface area contributed by atoms with E-state index in [9.17, 15) is 10.4 Å². The van der Waals surface area contributed by atoms with Crippen LogP contribution in [0.5, 0.6) is 0 Å². The molecule has 0 radical (unpaired) electrons. The molecule has 2 fully saturated rings. The molecule has 2 aliphatic rings. The number of hydrogen-bond acceptors (Lipinski definition) is 3. The lowest BCUT2D eigenvalue weighted by atomic mass is 9.58. The van der Waals surface area contributed by atoms with Crippen LogP contribution in [-0.4, -0.2) is 23.4 Å². The number of rotatable bonds is 2. The van der Waals surface area contributed by atoms with Crippen LogP contribution in [-0.2, 0) is 4.74 Å². The Morgan fingerprint density at radius 3 is 2.78 bits per heavy atom. The summed E-state index contributed by atoms with van der Waals surface area (Å²) >= 11 is 0. The fraction of sp³-hybridized carbons (Fsp3) is 0.933. The van der Waals surface area contributed by atoms with Gasteiger partial charge in [0.1, 0.15) is 0 Å². The number of aliphatic hydroxyl groups is 1. The lowest BCUT2D eigenvalue weighted by Crippen LogP contribution is -2.54. The maximum absolute atomic E-state index is 11.0. The predicted molar refractivity (Wildman–Crippen MR) is 69.9 cm³/mol. The van der Waals surface area contributed by atoms with Crippen molar-refractivity contribution in [1.29, 1.82) is 5.26 Å². The van der Waals surface area contributed by atoms with Gasteiger partial charge in [-0.1, -0.05) is 26.2 Å². The third-order valence-corrected chi connectivity index (χ3v) is 5.08. The van der Waals surface area contributed by atoms with Crippen LogP contribution in [0.1, 0.15) is 58.8 Å². The van der Waals surface area contributed by atoms with Crippen molar-refractivity contribution in [1.82, 2.24) is 0 Å². The van der Waals surface area contributed by atoms with E-state index in [-0.39, 0.29) is 6.10 Å². The largest absolute Gasteiger partial charge is 0.388 e. The Labute approximate surface area is 110 Å². The molecular formula is C15H25NO2. The molecule has 4 atom stereocenters. The first kappa shape index (κ1) is 13.8. The van der Waals surface area contributed by atoms with Crippen LogP contribution in [0.3, 0.4) is 0 Å². The van der Waals surface area contributed by atoms with Gasteiger partial charge in [-0.05, 0) is 25.7 Å². The van der Waals surface area contributed by atoms with Crippen molar-refractivity contribution in [2.75, 3.05) is 6.61 Å². The lowest BCUT2D eigenvalue weighted by molar-refractivity contribution is -0.160. The molecule has 1 saturated heterocycles. The molecule has 0 aromatic carbocycles. The first-order chi connectivity index (χ1) is 8.55. The van der Waals surface area contributed by atoms with Crippen molar-refractivity contribution < 1.29 is 9.84 Å². The topological polar surface area (TPSA) is 53.2 Å². The number of nitriles is 1. The maximum Gasteiger partial charge on any atom is 0.0879 e. The van der Waals surface area contributed by atoms with Crippen molar-refractivity contribution >= 4 is 0 Å². The lowest BCUT2D eigenvalue weighted by Gasteiger charge is -2.50. The monoisotopic (exact) mass is 251 g/mol. The van der Waals surface area contributed by atoms with Gasteiger partial charge in [-0.25, -0.2) is 0 Å². The van der Waals surface area contributed by atoms with E-state index in [0.717, 1.165) is 25.7 Å². The van der Waals surface area contributed by atoms with Crippen LogP contribution in [0.2, 0.25) is 0 Å². The minimum Gasteiger partial charge on any atom is -0.388 e. The highest BCUT2D eigenvalue weighted by atomic mass is 16.5. The highest BCUT2D eigenvalue weighted by Crippen LogP contribution is 2.51. The Morgan fingerprint density at radius 2 is 2.17 bits per heavy atom. The Hall–Kier alpha value is -0.590. The van der Waals surface area contributed by atoms with Crippen LogP contribution in [0.4, 0.5) is 0 Å². The van der Waals surface area contributed by atoms with Gasteiger partial charge in [0.05, 0.1) is 23.2 Å². The van der Waals surface area contributed by atoms with Crippen molar-refractivity contribution in [3.8, 4) is 6.07 Å². The molecule has 1 N–H and O–H groups in total. The van der Waals surface area contributed by atoms with Crippen LogP contribution >= 0.6 is 0 Å². The summed E-state index contributed by atoms with van der Waals surface area (Å²) < 4.78 is 5.54. The summed E-state index contributed by atoms with van der Waals surface area (Å²) in [5.74, 6) is 0.598. The molecule has 2 rings (SSSR count). The summed E-state index contributed by atoms with van der Waals surface area (Å²) in [4.78, 5) is 0. The van der Waals surface area contributed by atoms with E-state index in [0.29, 0.717) is 25.4 Å². The fourth-order valence-corrected chi connectivity index (χ4v) is 3.87. The van der Waals surface area contributed by atoms with Gasteiger partial charge in [0.25, 0.3) is 0 Å². The van der Waals surface area contributed by atoms with E-state index in [2.05, 4.69) is 13.0 Å². The third-order valence-electron chi connectivity index (χ3n) is 5.08. The van der Waals surface area contributed by atoms with Gasteiger partial charge in [-0.2, -0.15) is 5.26 Å². The van der Waals surface area contributed by atoms with Gasteiger partial charge >= 0.3 is 0 Å². The molecule has 4 unspecified atom stereocenters. The number of hydrogen-bond donors (Lipinski definition) is 1. The second-order valence-electron chi connectivity index (χ2n) is 6.23. The zero-order valence-electron chi connectivity index (χ0n) is 11.6. The minimum atomic E-state index is -0.840. The smallest absolute Gasteiger partial charge is 0.0879 e. The maximum atomic E-state index is 11.0. The Balaban J connectivity index is 2.23. The second kappa shape index (κ2) is 5.19. The molecule has 0 amide bonds. The van der Waals surface area contributed by atoms with Crippen LogP contribution in [0, 0.1) is 22.7 Å². The van der Waals surface area contributed by atoms with Gasteiger partial charge in [0.2, 0.25) is 0 Å². The summed E-state index contributed by atoms with van der Waals surface area (Å²) in [6.45, 7) is 4.77. The molecule has 3 nitrogen and oxygen atoms in total. The Bertz CT molecular complexity index is 338. The van der Waals surface area contributed by atoms with E-state index < -0.39 is 11.0 Å². The van der Waals surface area contributed by atoms with Gasteiger partial charge in [0, 0.05) is 19.4 Å². The SMILES string of the molecule is CCC1CCCC(C#N)(C2(O)CCOC(C)C2)C1. The molecular weight excluding hydrogens is 226 g/mol. The summed E-state index contributed by atoms with van der Waals surface area (Å²) in [6, 6.07) is 2.51. The highest BCUT2D eigenvalue weighted by molar-refractivity contribution is 5.14. The molecule has 0 aromatic heterocycles. The Morgan fingerprint density at radius 1 is 1.39 bits per heavy atom. The minimum absolute atomic E-state index is 0.0657. The quantitative estimate of drug-likeness (QED) is 0.820. The van der Waals surface area contributed by atoms with E-state index in [4.69, 9.17) is 4.74 Å². The molecule has 3 heteroatoms. The Kier molecular flexibility index (Phi) is 3.99. The summed E-state index contributed by atoms with van der Waals surface area (Å²) in [7, 11) is 0. The van der Waals surface area contributed by atoms with Crippen LogP contribution in [0.25, 0.3) is 0 Å². The molecule has 0 bridgehead atoms. The molecule has 18 heavy (non-hydrogen) atoms. The van der Waals surface area contributed by atoms with Crippen molar-refractivity contribution in [2.24, 2.45) is 11.3 Å².